The molecule has 0 spiro atoms. The lowest BCUT2D eigenvalue weighted by molar-refractivity contribution is -0.138. The Kier molecular flexibility index (Phi) is 12.3. The van der Waals surface area contributed by atoms with Crippen LogP contribution in [-0.2, 0) is 9.59 Å². The van der Waals surface area contributed by atoms with Crippen LogP contribution in [0.3, 0.4) is 0 Å². The molecule has 0 unspecified atom stereocenters. The molecule has 0 rings (SSSR count). The van der Waals surface area contributed by atoms with Crippen LogP contribution in [0.2, 0.25) is 0 Å². The van der Waals surface area contributed by atoms with E-state index in [9.17, 15) is 9.59 Å². The van der Waals surface area contributed by atoms with Crippen molar-refractivity contribution in [1.29, 1.82) is 0 Å². The van der Waals surface area contributed by atoms with Gasteiger partial charge in [-0.25, -0.2) is 0 Å². The molecule has 4 heteroatoms. The molecule has 0 saturated heterocycles. The van der Waals surface area contributed by atoms with E-state index in [1.807, 2.05) is 18.2 Å². The lowest BCUT2D eigenvalue weighted by Gasteiger charge is -1.92. The fourth-order valence-corrected chi connectivity index (χ4v) is 1.52. The van der Waals surface area contributed by atoms with Crippen molar-refractivity contribution in [3.63, 3.8) is 0 Å². The SMILES string of the molecule is O=C(O)CC/C=C\CC=CCC=CCCCCC(=O)O. The van der Waals surface area contributed by atoms with Gasteiger partial charge in [-0.1, -0.05) is 36.5 Å². The van der Waals surface area contributed by atoms with Crippen LogP contribution in [-0.4, -0.2) is 22.2 Å². The van der Waals surface area contributed by atoms with Crippen LogP contribution in [0.15, 0.2) is 36.5 Å². The topological polar surface area (TPSA) is 74.6 Å². The molecule has 4 nitrogen and oxygen atoms in total. The van der Waals surface area contributed by atoms with Crippen LogP contribution in [0.1, 0.15) is 51.4 Å². The zero-order valence-corrected chi connectivity index (χ0v) is 11.8. The Labute approximate surface area is 120 Å². The van der Waals surface area contributed by atoms with Crippen LogP contribution >= 0.6 is 0 Å². The molecule has 0 heterocycles. The van der Waals surface area contributed by atoms with Crippen LogP contribution < -0.4 is 0 Å². The predicted octanol–water partition coefficient (Wildman–Crippen LogP) is 3.95. The predicted molar refractivity (Wildman–Crippen MR) is 79.6 cm³/mol. The Balaban J connectivity index is 3.38. The number of unbranched alkanes of at least 4 members (excludes halogenated alkanes) is 2. The van der Waals surface area contributed by atoms with Gasteiger partial charge in [0, 0.05) is 12.8 Å². The minimum absolute atomic E-state index is 0.185. The number of carboxylic acid groups (broad SMARTS) is 2. The standard InChI is InChI=1S/C16H24O4/c17-15(18)13-11-9-7-5-3-1-2-4-6-8-10-12-14-16(19)20/h1,3-4,6-7,9H,2,5,8,10-14H2,(H,17,18)(H,19,20)/b3-1?,6-4?,9-7-. The summed E-state index contributed by atoms with van der Waals surface area (Å²) in [6.07, 6.45) is 17.4. The molecule has 0 aliphatic heterocycles. The van der Waals surface area contributed by atoms with Crippen molar-refractivity contribution in [2.24, 2.45) is 0 Å². The summed E-state index contributed by atoms with van der Waals surface area (Å²) >= 11 is 0. The number of hydrogen-bond acceptors (Lipinski definition) is 2. The number of aliphatic carboxylic acids is 2. The highest BCUT2D eigenvalue weighted by Crippen LogP contribution is 2.01. The van der Waals surface area contributed by atoms with Crippen molar-refractivity contribution in [3.05, 3.63) is 36.5 Å². The largest absolute Gasteiger partial charge is 0.481 e. The number of carboxylic acids is 2. The Morgan fingerprint density at radius 2 is 1.15 bits per heavy atom. The number of allylic oxidation sites excluding steroid dienone is 6. The molecule has 20 heavy (non-hydrogen) atoms. The molecule has 0 amide bonds. The summed E-state index contributed by atoms with van der Waals surface area (Å²) in [5, 5.41) is 16.9. The van der Waals surface area contributed by atoms with E-state index in [4.69, 9.17) is 10.2 Å². The van der Waals surface area contributed by atoms with Gasteiger partial charge in [-0.3, -0.25) is 9.59 Å². The third-order valence-corrected chi connectivity index (χ3v) is 2.58. The van der Waals surface area contributed by atoms with Crippen molar-refractivity contribution in [1.82, 2.24) is 0 Å². The molecular weight excluding hydrogens is 256 g/mol. The molecule has 0 bridgehead atoms. The van der Waals surface area contributed by atoms with Crippen molar-refractivity contribution < 1.29 is 19.8 Å². The molecule has 2 N–H and O–H groups in total. The fraction of sp³-hybridized carbons (Fsp3) is 0.500. The summed E-state index contributed by atoms with van der Waals surface area (Å²) in [6.45, 7) is 0. The van der Waals surface area contributed by atoms with Crippen molar-refractivity contribution in [2.45, 2.75) is 51.4 Å². The molecule has 0 aliphatic carbocycles. The molecule has 112 valence electrons. The second kappa shape index (κ2) is 13.6. The van der Waals surface area contributed by atoms with E-state index in [1.54, 1.807) is 0 Å². The summed E-state index contributed by atoms with van der Waals surface area (Å²) < 4.78 is 0. The first-order valence-electron chi connectivity index (χ1n) is 7.01. The second-order valence-corrected chi connectivity index (χ2v) is 4.46. The minimum atomic E-state index is -0.765. The molecule has 0 fully saturated rings. The zero-order chi connectivity index (χ0) is 15.1. The Hall–Kier alpha value is -1.84. The highest BCUT2D eigenvalue weighted by molar-refractivity contribution is 5.66. The van der Waals surface area contributed by atoms with Gasteiger partial charge in [0.2, 0.25) is 0 Å². The second-order valence-electron chi connectivity index (χ2n) is 4.46. The lowest BCUT2D eigenvalue weighted by atomic mass is 10.2. The van der Waals surface area contributed by atoms with E-state index < -0.39 is 11.9 Å². The van der Waals surface area contributed by atoms with Gasteiger partial charge in [-0.2, -0.15) is 0 Å². The maximum absolute atomic E-state index is 10.3. The number of carbonyl (C=O) groups is 2. The minimum Gasteiger partial charge on any atom is -0.481 e. The summed E-state index contributed by atoms with van der Waals surface area (Å²) in [7, 11) is 0. The van der Waals surface area contributed by atoms with Crippen LogP contribution in [0.4, 0.5) is 0 Å². The average molecular weight is 280 g/mol. The smallest absolute Gasteiger partial charge is 0.303 e. The van der Waals surface area contributed by atoms with E-state index in [2.05, 4.69) is 18.2 Å². The highest BCUT2D eigenvalue weighted by atomic mass is 16.4. The monoisotopic (exact) mass is 280 g/mol. The molecule has 0 aromatic rings. The van der Waals surface area contributed by atoms with Crippen molar-refractivity contribution >= 4 is 11.9 Å². The van der Waals surface area contributed by atoms with Gasteiger partial charge in [0.1, 0.15) is 0 Å². The van der Waals surface area contributed by atoms with Gasteiger partial charge in [0.25, 0.3) is 0 Å². The Bertz CT molecular complexity index is 353. The highest BCUT2D eigenvalue weighted by Gasteiger charge is 1.94. The first kappa shape index (κ1) is 18.2. The zero-order valence-electron chi connectivity index (χ0n) is 11.8. The maximum atomic E-state index is 10.3. The van der Waals surface area contributed by atoms with Crippen molar-refractivity contribution in [2.75, 3.05) is 0 Å². The van der Waals surface area contributed by atoms with Gasteiger partial charge in [-0.05, 0) is 38.5 Å². The molecular formula is C16H24O4. The first-order valence-corrected chi connectivity index (χ1v) is 7.01. The Morgan fingerprint density at radius 3 is 1.70 bits per heavy atom. The quantitative estimate of drug-likeness (QED) is 0.419. The molecule has 0 aliphatic rings. The van der Waals surface area contributed by atoms with Gasteiger partial charge in [-0.15, -0.1) is 0 Å². The molecule has 0 radical (unpaired) electrons. The van der Waals surface area contributed by atoms with E-state index in [-0.39, 0.29) is 12.8 Å². The van der Waals surface area contributed by atoms with E-state index in [0.29, 0.717) is 6.42 Å². The average Bonchev–Trinajstić information content (AvgIpc) is 2.38. The maximum Gasteiger partial charge on any atom is 0.303 e. The lowest BCUT2D eigenvalue weighted by Crippen LogP contribution is -1.92. The van der Waals surface area contributed by atoms with Crippen LogP contribution in [0.5, 0.6) is 0 Å². The number of rotatable bonds is 12. The molecule has 0 atom stereocenters. The van der Waals surface area contributed by atoms with Crippen LogP contribution in [0, 0.1) is 0 Å². The van der Waals surface area contributed by atoms with Crippen molar-refractivity contribution in [3.8, 4) is 0 Å². The van der Waals surface area contributed by atoms with E-state index in [1.165, 1.54) is 0 Å². The van der Waals surface area contributed by atoms with Crippen LogP contribution in [0.25, 0.3) is 0 Å². The summed E-state index contributed by atoms with van der Waals surface area (Å²) in [6, 6.07) is 0. The van der Waals surface area contributed by atoms with Gasteiger partial charge in [0.15, 0.2) is 0 Å². The first-order chi connectivity index (χ1) is 9.63. The van der Waals surface area contributed by atoms with Gasteiger partial charge < -0.3 is 10.2 Å². The summed E-state index contributed by atoms with van der Waals surface area (Å²) in [4.78, 5) is 20.5. The molecule has 0 aromatic carbocycles. The fourth-order valence-electron chi connectivity index (χ4n) is 1.52. The third-order valence-electron chi connectivity index (χ3n) is 2.58. The van der Waals surface area contributed by atoms with Gasteiger partial charge in [0.05, 0.1) is 0 Å². The Morgan fingerprint density at radius 1 is 0.650 bits per heavy atom. The van der Waals surface area contributed by atoms with Gasteiger partial charge >= 0.3 is 11.9 Å². The number of hydrogen-bond donors (Lipinski definition) is 2. The van der Waals surface area contributed by atoms with E-state index in [0.717, 1.165) is 32.1 Å². The molecule has 0 saturated carbocycles. The summed E-state index contributed by atoms with van der Waals surface area (Å²) in [5.41, 5.74) is 0. The molecule has 0 aromatic heterocycles. The third kappa shape index (κ3) is 16.2. The normalized spacial score (nSPS) is 11.8. The summed E-state index contributed by atoms with van der Waals surface area (Å²) in [5.74, 6) is -1.49. The van der Waals surface area contributed by atoms with E-state index >= 15 is 0 Å².